The molecule has 0 bridgehead atoms. The summed E-state index contributed by atoms with van der Waals surface area (Å²) in [6.07, 6.45) is 1.68. The summed E-state index contributed by atoms with van der Waals surface area (Å²) < 4.78 is 33.0. The number of fused-ring (bicyclic) bond motifs is 1. The predicted octanol–water partition coefficient (Wildman–Crippen LogP) is 4.07. The Balaban J connectivity index is 1.55. The van der Waals surface area contributed by atoms with Gasteiger partial charge in [0, 0.05) is 30.5 Å². The van der Waals surface area contributed by atoms with E-state index in [-0.39, 0.29) is 25.3 Å². The van der Waals surface area contributed by atoms with Crippen LogP contribution in [0.5, 0.6) is 0 Å². The Bertz CT molecular complexity index is 1320. The molecule has 0 aromatic heterocycles. The topological polar surface area (TPSA) is 107 Å². The molecule has 0 fully saturated rings. The summed E-state index contributed by atoms with van der Waals surface area (Å²) in [4.78, 5) is 23.3. The zero-order chi connectivity index (χ0) is 24.1. The van der Waals surface area contributed by atoms with E-state index in [1.165, 1.54) is 30.3 Å². The van der Waals surface area contributed by atoms with Gasteiger partial charge in [-0.05, 0) is 40.5 Å². The number of nitro groups is 1. The molecule has 1 heterocycles. The Hall–Kier alpha value is -3.82. The lowest BCUT2D eigenvalue weighted by atomic mass is 9.96. The minimum absolute atomic E-state index is 0.0505. The second kappa shape index (κ2) is 9.98. The highest BCUT2D eigenvalue weighted by molar-refractivity contribution is 7.92. The third-order valence-electron chi connectivity index (χ3n) is 5.56. The molecule has 3 aromatic rings. The Labute approximate surface area is 197 Å². The molecule has 1 aliphatic heterocycles. The number of nitro benzene ring substituents is 1. The van der Waals surface area contributed by atoms with Gasteiger partial charge >= 0.3 is 5.97 Å². The molecule has 0 saturated heterocycles. The molecule has 1 aliphatic rings. The van der Waals surface area contributed by atoms with Crippen LogP contribution < -0.4 is 0 Å². The van der Waals surface area contributed by atoms with Crippen LogP contribution in [0.1, 0.15) is 22.3 Å². The first-order valence-corrected chi connectivity index (χ1v) is 12.1. The van der Waals surface area contributed by atoms with Crippen LogP contribution in [0.4, 0.5) is 5.69 Å². The molecule has 1 unspecified atom stereocenters. The van der Waals surface area contributed by atoms with Gasteiger partial charge in [0.1, 0.15) is 12.6 Å². The summed E-state index contributed by atoms with van der Waals surface area (Å²) in [5.41, 5.74) is 2.94. The molecule has 4 rings (SSSR count). The van der Waals surface area contributed by atoms with E-state index in [0.29, 0.717) is 5.56 Å². The number of hydrogen-bond donors (Lipinski definition) is 0. The van der Waals surface area contributed by atoms with Gasteiger partial charge in [0.2, 0.25) is 10.0 Å². The number of ether oxygens (including phenoxy) is 1. The number of sulfonamides is 1. The summed E-state index contributed by atoms with van der Waals surface area (Å²) >= 11 is 0. The standard InChI is InChI=1S/C25H22N2O6S/c28-25(33-18-20-10-12-23(13-11-20)27(29)30)24-16-21-8-4-5-9-22(21)17-26(24)34(31,32)15-14-19-6-2-1-3-7-19/h1-15,24H,16-18H2. The molecule has 0 saturated carbocycles. The summed E-state index contributed by atoms with van der Waals surface area (Å²) in [5.74, 6) is -0.676. The highest BCUT2D eigenvalue weighted by atomic mass is 32.2. The van der Waals surface area contributed by atoms with Gasteiger partial charge in [-0.1, -0.05) is 54.6 Å². The molecule has 8 nitrogen and oxygen atoms in total. The van der Waals surface area contributed by atoms with E-state index in [9.17, 15) is 23.3 Å². The van der Waals surface area contributed by atoms with Gasteiger partial charge in [-0.15, -0.1) is 0 Å². The fraction of sp³-hybridized carbons (Fsp3) is 0.160. The highest BCUT2D eigenvalue weighted by Gasteiger charge is 2.38. The first-order valence-electron chi connectivity index (χ1n) is 10.6. The molecule has 3 aromatic carbocycles. The molecule has 0 aliphatic carbocycles. The number of hydrogen-bond acceptors (Lipinski definition) is 6. The van der Waals surface area contributed by atoms with Gasteiger partial charge in [-0.2, -0.15) is 4.31 Å². The van der Waals surface area contributed by atoms with Crippen molar-refractivity contribution in [3.05, 3.63) is 117 Å². The minimum atomic E-state index is -3.94. The van der Waals surface area contributed by atoms with Gasteiger partial charge in [0.15, 0.2) is 0 Å². The average molecular weight is 479 g/mol. The lowest BCUT2D eigenvalue weighted by Crippen LogP contribution is -2.48. The number of non-ortho nitro benzene ring substituents is 1. The first kappa shape index (κ1) is 23.3. The Morgan fingerprint density at radius 1 is 1.00 bits per heavy atom. The molecular formula is C25H22N2O6S. The van der Waals surface area contributed by atoms with E-state index in [2.05, 4.69) is 0 Å². The van der Waals surface area contributed by atoms with Crippen molar-refractivity contribution >= 4 is 27.8 Å². The van der Waals surface area contributed by atoms with Crippen LogP contribution in [-0.2, 0) is 39.1 Å². The van der Waals surface area contributed by atoms with Crippen molar-refractivity contribution in [1.29, 1.82) is 0 Å². The normalized spacial score (nSPS) is 16.2. The maximum absolute atomic E-state index is 13.2. The van der Waals surface area contributed by atoms with Crippen molar-refractivity contribution in [1.82, 2.24) is 4.31 Å². The summed E-state index contributed by atoms with van der Waals surface area (Å²) in [7, 11) is -3.94. The summed E-state index contributed by atoms with van der Waals surface area (Å²) in [6, 6.07) is 21.0. The smallest absolute Gasteiger partial charge is 0.325 e. The molecule has 1 atom stereocenters. The van der Waals surface area contributed by atoms with Gasteiger partial charge in [-0.25, -0.2) is 8.42 Å². The van der Waals surface area contributed by atoms with Crippen LogP contribution >= 0.6 is 0 Å². The van der Waals surface area contributed by atoms with Crippen LogP contribution in [0.25, 0.3) is 6.08 Å². The number of benzene rings is 3. The van der Waals surface area contributed by atoms with Crippen molar-refractivity contribution in [3.8, 4) is 0 Å². The van der Waals surface area contributed by atoms with E-state index in [1.54, 1.807) is 12.1 Å². The van der Waals surface area contributed by atoms with Crippen molar-refractivity contribution in [2.24, 2.45) is 0 Å². The van der Waals surface area contributed by atoms with Crippen molar-refractivity contribution < 1.29 is 22.9 Å². The number of rotatable bonds is 7. The second-order valence-corrected chi connectivity index (χ2v) is 9.59. The molecular weight excluding hydrogens is 456 g/mol. The summed E-state index contributed by atoms with van der Waals surface area (Å²) in [5, 5.41) is 11.9. The lowest BCUT2D eigenvalue weighted by molar-refractivity contribution is -0.384. The molecule has 174 valence electrons. The van der Waals surface area contributed by atoms with Crippen molar-refractivity contribution in [2.75, 3.05) is 0 Å². The van der Waals surface area contributed by atoms with E-state index >= 15 is 0 Å². The maximum atomic E-state index is 13.2. The van der Waals surface area contributed by atoms with Crippen LogP contribution in [0.2, 0.25) is 0 Å². The predicted molar refractivity (Wildman–Crippen MR) is 127 cm³/mol. The van der Waals surface area contributed by atoms with Gasteiger partial charge in [0.05, 0.1) is 4.92 Å². The highest BCUT2D eigenvalue weighted by Crippen LogP contribution is 2.28. The molecule has 34 heavy (non-hydrogen) atoms. The third kappa shape index (κ3) is 5.38. The Kier molecular flexibility index (Phi) is 6.85. The molecule has 0 radical (unpaired) electrons. The van der Waals surface area contributed by atoms with Crippen LogP contribution in [0.15, 0.2) is 84.3 Å². The van der Waals surface area contributed by atoms with Gasteiger partial charge < -0.3 is 4.74 Å². The van der Waals surface area contributed by atoms with Crippen LogP contribution in [-0.4, -0.2) is 29.7 Å². The van der Waals surface area contributed by atoms with E-state index in [0.717, 1.165) is 26.4 Å². The number of nitrogens with zero attached hydrogens (tertiary/aromatic N) is 2. The lowest BCUT2D eigenvalue weighted by Gasteiger charge is -2.33. The van der Waals surface area contributed by atoms with Crippen molar-refractivity contribution in [2.45, 2.75) is 25.6 Å². The fourth-order valence-electron chi connectivity index (χ4n) is 3.74. The average Bonchev–Trinajstić information content (AvgIpc) is 2.86. The van der Waals surface area contributed by atoms with E-state index in [4.69, 9.17) is 4.74 Å². The van der Waals surface area contributed by atoms with Crippen molar-refractivity contribution in [3.63, 3.8) is 0 Å². The fourth-order valence-corrected chi connectivity index (χ4v) is 5.06. The van der Waals surface area contributed by atoms with Gasteiger partial charge in [-0.3, -0.25) is 14.9 Å². The first-order chi connectivity index (χ1) is 16.3. The maximum Gasteiger partial charge on any atom is 0.325 e. The minimum Gasteiger partial charge on any atom is -0.460 e. The van der Waals surface area contributed by atoms with Crippen LogP contribution in [0.3, 0.4) is 0 Å². The number of carbonyl (C=O) groups is 1. The van der Waals surface area contributed by atoms with Crippen LogP contribution in [0, 0.1) is 10.1 Å². The SMILES string of the molecule is O=C(OCc1ccc([N+](=O)[O-])cc1)C1Cc2ccccc2CN1S(=O)(=O)C=Cc1ccccc1. The molecule has 9 heteroatoms. The number of carbonyl (C=O) groups excluding carboxylic acids is 1. The quantitative estimate of drug-likeness (QED) is 0.288. The van der Waals surface area contributed by atoms with Gasteiger partial charge in [0.25, 0.3) is 5.69 Å². The largest absolute Gasteiger partial charge is 0.460 e. The molecule has 0 amide bonds. The molecule has 0 spiro atoms. The second-order valence-electron chi connectivity index (χ2n) is 7.82. The van der Waals surface area contributed by atoms with E-state index in [1.807, 2.05) is 42.5 Å². The zero-order valence-corrected chi connectivity index (χ0v) is 18.9. The molecule has 0 N–H and O–H groups in total. The third-order valence-corrected chi connectivity index (χ3v) is 7.08. The Morgan fingerprint density at radius 3 is 2.32 bits per heavy atom. The zero-order valence-electron chi connectivity index (χ0n) is 18.1. The number of esters is 1. The summed E-state index contributed by atoms with van der Waals surface area (Å²) in [6.45, 7) is -0.0718. The Morgan fingerprint density at radius 2 is 1.65 bits per heavy atom. The monoisotopic (exact) mass is 478 g/mol. The van der Waals surface area contributed by atoms with E-state index < -0.39 is 27.0 Å².